The van der Waals surface area contributed by atoms with Crippen LogP contribution in [-0.4, -0.2) is 66.7 Å². The molecule has 0 bridgehead atoms. The first-order valence-corrected chi connectivity index (χ1v) is 27.5. The molecule has 0 unspecified atom stereocenters. The maximum atomic E-state index is 14.9. The van der Waals surface area contributed by atoms with Crippen molar-refractivity contribution in [3.63, 3.8) is 0 Å². The van der Waals surface area contributed by atoms with Crippen LogP contribution >= 0.6 is 0 Å². The minimum Gasteiger partial charge on any atom is -0.361 e. The first kappa shape index (κ1) is 38.1. The molecule has 4 aromatic rings. The van der Waals surface area contributed by atoms with Crippen LogP contribution < -0.4 is 0 Å². The number of imidazole rings is 1. The van der Waals surface area contributed by atoms with E-state index in [0.717, 1.165) is 83.2 Å². The molecule has 2 aromatic carbocycles. The molecule has 0 saturated heterocycles. The lowest BCUT2D eigenvalue weighted by Gasteiger charge is -2.21. The highest BCUT2D eigenvalue weighted by Gasteiger charge is 2.40. The molecule has 278 valence electrons. The Morgan fingerprint density at radius 3 is 2.24 bits per heavy atom. The van der Waals surface area contributed by atoms with Crippen molar-refractivity contribution in [1.82, 2.24) is 23.6 Å². The van der Waals surface area contributed by atoms with Gasteiger partial charge >= 0.3 is 0 Å². The third-order valence-corrected chi connectivity index (χ3v) is 16.1. The molecule has 1 fully saturated rings. The molecule has 1 saturated carbocycles. The van der Waals surface area contributed by atoms with Crippen LogP contribution in [0.1, 0.15) is 55.1 Å². The first-order chi connectivity index (χ1) is 24.1. The Balaban J connectivity index is 1.42. The predicted molar refractivity (Wildman–Crippen MR) is 209 cm³/mol. The molecule has 3 heterocycles. The molecule has 51 heavy (non-hydrogen) atoms. The number of aromatic nitrogens is 4. The Morgan fingerprint density at radius 2 is 1.59 bits per heavy atom. The molecular formula is C38H56FN5O4SSi2. The zero-order chi connectivity index (χ0) is 36.7. The molecule has 0 atom stereocenters. The standard InChI is InChI=1S/C38H56FN5O4SSi2/c1-9-28-20-27(2)33(39)22-32(28)29-14-15-31-35(21-29)44(26-48-17-19-51(6,7)8)41-37(31)38-40-34-23-42(49(45,46)30-12-10-11-13-30)24-36(34)43(38)25-47-16-18-50(3,4)5/h14-15,20-22,30H,9-13,16-19,23-26H2,1-8H3. The third kappa shape index (κ3) is 8.44. The lowest BCUT2D eigenvalue weighted by atomic mass is 9.95. The molecule has 0 radical (unpaired) electrons. The summed E-state index contributed by atoms with van der Waals surface area (Å²) in [6.45, 7) is 20.2. The summed E-state index contributed by atoms with van der Waals surface area (Å²) in [4.78, 5) is 5.13. The summed E-state index contributed by atoms with van der Waals surface area (Å²) in [6, 6.07) is 11.8. The molecule has 6 rings (SSSR count). The van der Waals surface area contributed by atoms with Crippen LogP contribution in [0.5, 0.6) is 0 Å². The Labute approximate surface area is 305 Å². The normalized spacial score (nSPS) is 16.2. The van der Waals surface area contributed by atoms with E-state index < -0.39 is 26.2 Å². The fourth-order valence-corrected chi connectivity index (χ4v) is 10.6. The molecule has 1 aliphatic carbocycles. The predicted octanol–water partition coefficient (Wildman–Crippen LogP) is 8.79. The molecule has 2 aromatic heterocycles. The number of hydrogen-bond acceptors (Lipinski definition) is 6. The number of rotatable bonds is 15. The van der Waals surface area contributed by atoms with Gasteiger partial charge in [-0.05, 0) is 78.7 Å². The molecule has 1 aliphatic heterocycles. The highest BCUT2D eigenvalue weighted by molar-refractivity contribution is 7.89. The van der Waals surface area contributed by atoms with Crippen molar-refractivity contribution in [2.45, 2.75) is 129 Å². The van der Waals surface area contributed by atoms with Crippen molar-refractivity contribution in [3.05, 3.63) is 58.7 Å². The van der Waals surface area contributed by atoms with Crippen LogP contribution in [0.2, 0.25) is 51.4 Å². The van der Waals surface area contributed by atoms with E-state index in [4.69, 9.17) is 19.6 Å². The van der Waals surface area contributed by atoms with E-state index >= 15 is 0 Å². The first-order valence-electron chi connectivity index (χ1n) is 18.6. The van der Waals surface area contributed by atoms with Gasteiger partial charge in [-0.25, -0.2) is 22.5 Å². The largest absolute Gasteiger partial charge is 0.361 e. The van der Waals surface area contributed by atoms with Crippen LogP contribution in [0.3, 0.4) is 0 Å². The topological polar surface area (TPSA) is 91.5 Å². The highest BCUT2D eigenvalue weighted by Crippen LogP contribution is 2.38. The van der Waals surface area contributed by atoms with E-state index in [1.807, 2.05) is 21.4 Å². The number of ether oxygens (including phenoxy) is 2. The second-order valence-corrected chi connectivity index (χ2v) is 30.3. The van der Waals surface area contributed by atoms with Crippen molar-refractivity contribution < 1.29 is 22.3 Å². The van der Waals surface area contributed by atoms with E-state index in [1.165, 1.54) is 0 Å². The monoisotopic (exact) mass is 753 g/mol. The molecule has 2 aliphatic rings. The second-order valence-electron chi connectivity index (χ2n) is 16.9. The zero-order valence-corrected chi connectivity index (χ0v) is 34.6. The minimum absolute atomic E-state index is 0.221. The van der Waals surface area contributed by atoms with Crippen LogP contribution in [0.15, 0.2) is 30.3 Å². The number of aryl methyl sites for hydroxylation is 2. The summed E-state index contributed by atoms with van der Waals surface area (Å²) in [5.74, 6) is 0.445. The quantitative estimate of drug-likeness (QED) is 0.0891. The maximum Gasteiger partial charge on any atom is 0.217 e. The van der Waals surface area contributed by atoms with Crippen molar-refractivity contribution in [2.24, 2.45) is 0 Å². The highest BCUT2D eigenvalue weighted by atomic mass is 32.2. The van der Waals surface area contributed by atoms with Gasteiger partial charge < -0.3 is 14.0 Å². The smallest absolute Gasteiger partial charge is 0.217 e. The number of halogens is 1. The Bertz CT molecular complexity index is 1990. The number of hydrogen-bond donors (Lipinski definition) is 0. The molecule has 9 nitrogen and oxygen atoms in total. The van der Waals surface area contributed by atoms with E-state index in [-0.39, 0.29) is 37.6 Å². The van der Waals surface area contributed by atoms with Crippen LogP contribution in [0.25, 0.3) is 33.5 Å². The fourth-order valence-electron chi connectivity index (χ4n) is 7.10. The van der Waals surface area contributed by atoms with Gasteiger partial charge in [-0.3, -0.25) is 0 Å². The van der Waals surface area contributed by atoms with Crippen molar-refractivity contribution in [2.75, 3.05) is 13.2 Å². The van der Waals surface area contributed by atoms with Crippen molar-refractivity contribution in [1.29, 1.82) is 0 Å². The number of fused-ring (bicyclic) bond motifs is 2. The summed E-state index contributed by atoms with van der Waals surface area (Å²) in [6.07, 6.45) is 4.15. The number of benzene rings is 2. The summed E-state index contributed by atoms with van der Waals surface area (Å²) in [7, 11) is -6.05. The van der Waals surface area contributed by atoms with E-state index in [1.54, 1.807) is 17.3 Å². The summed E-state index contributed by atoms with van der Waals surface area (Å²) in [5, 5.41) is 5.73. The molecule has 0 spiro atoms. The fraction of sp³-hybridized carbons (Fsp3) is 0.579. The summed E-state index contributed by atoms with van der Waals surface area (Å²) in [5.41, 5.74) is 6.72. The van der Waals surface area contributed by atoms with Gasteiger partial charge in [0.1, 0.15) is 25.0 Å². The summed E-state index contributed by atoms with van der Waals surface area (Å²) >= 11 is 0. The molecule has 0 amide bonds. The van der Waals surface area contributed by atoms with Gasteiger partial charge in [-0.15, -0.1) is 0 Å². The number of sulfonamides is 1. The Morgan fingerprint density at radius 1 is 0.922 bits per heavy atom. The van der Waals surface area contributed by atoms with Gasteiger partial charge in [0.15, 0.2) is 5.82 Å². The molecule has 13 heteroatoms. The van der Waals surface area contributed by atoms with Gasteiger partial charge in [-0.1, -0.05) is 71.2 Å². The van der Waals surface area contributed by atoms with Gasteiger partial charge in [-0.2, -0.15) is 9.40 Å². The molecule has 0 N–H and O–H groups in total. The van der Waals surface area contributed by atoms with Gasteiger partial charge in [0, 0.05) is 34.7 Å². The van der Waals surface area contributed by atoms with Crippen molar-refractivity contribution in [3.8, 4) is 22.6 Å². The average molecular weight is 754 g/mol. The second kappa shape index (κ2) is 15.0. The van der Waals surface area contributed by atoms with E-state index in [0.29, 0.717) is 30.3 Å². The number of nitrogens with zero attached hydrogens (tertiary/aromatic N) is 5. The maximum absolute atomic E-state index is 14.9. The van der Waals surface area contributed by atoms with E-state index in [2.05, 4.69) is 58.3 Å². The van der Waals surface area contributed by atoms with Crippen LogP contribution in [0.4, 0.5) is 4.39 Å². The van der Waals surface area contributed by atoms with Crippen LogP contribution in [-0.2, 0) is 52.5 Å². The SMILES string of the molecule is CCc1cc(C)c(F)cc1-c1ccc2c(-c3nc4c(n3COCC[Si](C)(C)C)CN(S(=O)(=O)C3CCCC3)C4)nn(COCC[Si](C)(C)C)c2c1. The van der Waals surface area contributed by atoms with Crippen LogP contribution in [0, 0.1) is 12.7 Å². The third-order valence-electron chi connectivity index (χ3n) is 10.4. The van der Waals surface area contributed by atoms with Gasteiger partial charge in [0.05, 0.1) is 35.2 Å². The minimum atomic E-state index is -3.43. The zero-order valence-electron chi connectivity index (χ0n) is 31.8. The van der Waals surface area contributed by atoms with E-state index in [9.17, 15) is 12.8 Å². The van der Waals surface area contributed by atoms with Gasteiger partial charge in [0.25, 0.3) is 0 Å². The van der Waals surface area contributed by atoms with Crippen molar-refractivity contribution >= 4 is 37.1 Å². The summed E-state index contributed by atoms with van der Waals surface area (Å²) < 4.78 is 60.3. The Kier molecular flexibility index (Phi) is 11.2. The average Bonchev–Trinajstić information content (AvgIpc) is 3.86. The molecular weight excluding hydrogens is 698 g/mol. The lowest BCUT2D eigenvalue weighted by Crippen LogP contribution is -2.34. The Hall–Kier alpha value is -2.69. The lowest BCUT2D eigenvalue weighted by molar-refractivity contribution is 0.0814. The van der Waals surface area contributed by atoms with Gasteiger partial charge in [0.2, 0.25) is 10.0 Å².